The number of methoxy groups -OCH3 is 1. The molecule has 0 amide bonds. The average molecular weight is 282 g/mol. The lowest BCUT2D eigenvalue weighted by Gasteiger charge is -2.32. The Morgan fingerprint density at radius 2 is 2.40 bits per heavy atom. The lowest BCUT2D eigenvalue weighted by atomic mass is 10.2. The van der Waals surface area contributed by atoms with Gasteiger partial charge in [-0.2, -0.15) is 5.10 Å². The Balaban J connectivity index is 1.92. The highest BCUT2D eigenvalue weighted by Gasteiger charge is 2.24. The van der Waals surface area contributed by atoms with Crippen LogP contribution in [0.15, 0.2) is 6.33 Å². The first-order valence-electron chi connectivity index (χ1n) is 6.89. The molecule has 0 saturated carbocycles. The SMILES string of the molecule is COC(=O)CC1CN(Cc2ncnn2C(C)C)CCO1. The zero-order valence-electron chi connectivity index (χ0n) is 12.3. The average Bonchev–Trinajstić information content (AvgIpc) is 2.87. The van der Waals surface area contributed by atoms with Crippen molar-refractivity contribution in [1.29, 1.82) is 0 Å². The molecule has 0 radical (unpaired) electrons. The number of esters is 1. The highest BCUT2D eigenvalue weighted by Crippen LogP contribution is 2.13. The van der Waals surface area contributed by atoms with Crippen molar-refractivity contribution in [2.45, 2.75) is 39.0 Å². The van der Waals surface area contributed by atoms with Gasteiger partial charge in [0.05, 0.1) is 32.8 Å². The summed E-state index contributed by atoms with van der Waals surface area (Å²) in [5.41, 5.74) is 0. The molecule has 0 bridgehead atoms. The van der Waals surface area contributed by atoms with Crippen molar-refractivity contribution in [3.8, 4) is 0 Å². The molecule has 1 aromatic rings. The number of carbonyl (C=O) groups excluding carboxylic acids is 1. The fraction of sp³-hybridized carbons (Fsp3) is 0.769. The van der Waals surface area contributed by atoms with Gasteiger partial charge in [0.25, 0.3) is 0 Å². The van der Waals surface area contributed by atoms with Crippen molar-refractivity contribution < 1.29 is 14.3 Å². The molecule has 1 atom stereocenters. The number of morpholine rings is 1. The van der Waals surface area contributed by atoms with E-state index in [1.165, 1.54) is 7.11 Å². The number of carbonyl (C=O) groups is 1. The summed E-state index contributed by atoms with van der Waals surface area (Å²) in [5.74, 6) is 0.709. The number of hydrogen-bond donors (Lipinski definition) is 0. The van der Waals surface area contributed by atoms with Gasteiger partial charge in [-0.3, -0.25) is 9.69 Å². The van der Waals surface area contributed by atoms with Gasteiger partial charge in [0.15, 0.2) is 0 Å². The Morgan fingerprint density at radius 3 is 3.10 bits per heavy atom. The normalized spacial score (nSPS) is 20.3. The third kappa shape index (κ3) is 3.77. The summed E-state index contributed by atoms with van der Waals surface area (Å²) >= 11 is 0. The predicted octanol–water partition coefficient (Wildman–Crippen LogP) is 0.623. The number of ether oxygens (including phenoxy) is 2. The molecule has 1 aliphatic heterocycles. The molecule has 0 N–H and O–H groups in total. The molecule has 1 aliphatic rings. The number of rotatable bonds is 5. The largest absolute Gasteiger partial charge is 0.469 e. The van der Waals surface area contributed by atoms with Crippen molar-refractivity contribution in [1.82, 2.24) is 19.7 Å². The maximum atomic E-state index is 11.3. The second kappa shape index (κ2) is 6.81. The molecule has 0 aliphatic carbocycles. The maximum Gasteiger partial charge on any atom is 0.308 e. The quantitative estimate of drug-likeness (QED) is 0.738. The lowest BCUT2D eigenvalue weighted by Crippen LogP contribution is -2.43. The van der Waals surface area contributed by atoms with Gasteiger partial charge < -0.3 is 9.47 Å². The molecule has 7 heteroatoms. The summed E-state index contributed by atoms with van der Waals surface area (Å²) in [4.78, 5) is 17.8. The number of aromatic nitrogens is 3. The monoisotopic (exact) mass is 282 g/mol. The van der Waals surface area contributed by atoms with Crippen LogP contribution < -0.4 is 0 Å². The summed E-state index contributed by atoms with van der Waals surface area (Å²) in [6.07, 6.45) is 1.78. The van der Waals surface area contributed by atoms with Crippen LogP contribution in [0.3, 0.4) is 0 Å². The fourth-order valence-electron chi connectivity index (χ4n) is 2.34. The van der Waals surface area contributed by atoms with Gasteiger partial charge in [-0.15, -0.1) is 0 Å². The zero-order chi connectivity index (χ0) is 14.5. The lowest BCUT2D eigenvalue weighted by molar-refractivity contribution is -0.145. The van der Waals surface area contributed by atoms with Crippen molar-refractivity contribution >= 4 is 5.97 Å². The summed E-state index contributed by atoms with van der Waals surface area (Å²) in [6, 6.07) is 0.291. The number of hydrogen-bond acceptors (Lipinski definition) is 6. The Morgan fingerprint density at radius 1 is 1.60 bits per heavy atom. The van der Waals surface area contributed by atoms with Crippen LogP contribution in [0.2, 0.25) is 0 Å². The first-order chi connectivity index (χ1) is 9.60. The Hall–Kier alpha value is -1.47. The highest BCUT2D eigenvalue weighted by atomic mass is 16.5. The van der Waals surface area contributed by atoms with Crippen molar-refractivity contribution in [3.05, 3.63) is 12.2 Å². The minimum Gasteiger partial charge on any atom is -0.469 e. The molecule has 0 spiro atoms. The van der Waals surface area contributed by atoms with Crippen molar-refractivity contribution in [3.63, 3.8) is 0 Å². The van der Waals surface area contributed by atoms with Gasteiger partial charge in [0.1, 0.15) is 12.2 Å². The third-order valence-corrected chi connectivity index (χ3v) is 3.35. The van der Waals surface area contributed by atoms with Gasteiger partial charge >= 0.3 is 5.97 Å². The molecule has 0 aromatic carbocycles. The van der Waals surface area contributed by atoms with E-state index in [0.717, 1.165) is 18.9 Å². The standard InChI is InChI=1S/C13H22N4O3/c1-10(2)17-12(14-9-15-17)8-16-4-5-20-11(7-16)6-13(18)19-3/h9-11H,4-8H2,1-3H3. The van der Waals surface area contributed by atoms with Gasteiger partial charge in [-0.1, -0.05) is 0 Å². The molecular formula is C13H22N4O3. The van der Waals surface area contributed by atoms with Crippen LogP contribution in [-0.2, 0) is 20.8 Å². The van der Waals surface area contributed by atoms with E-state index in [4.69, 9.17) is 4.74 Å². The molecule has 1 fully saturated rings. The maximum absolute atomic E-state index is 11.3. The van der Waals surface area contributed by atoms with Gasteiger partial charge in [-0.25, -0.2) is 9.67 Å². The first-order valence-corrected chi connectivity index (χ1v) is 6.89. The van der Waals surface area contributed by atoms with Crippen LogP contribution in [0.4, 0.5) is 0 Å². The number of nitrogens with zero attached hydrogens (tertiary/aromatic N) is 4. The van der Waals surface area contributed by atoms with E-state index in [1.54, 1.807) is 6.33 Å². The van der Waals surface area contributed by atoms with Gasteiger partial charge in [0.2, 0.25) is 0 Å². The molecule has 20 heavy (non-hydrogen) atoms. The smallest absolute Gasteiger partial charge is 0.308 e. The van der Waals surface area contributed by atoms with E-state index < -0.39 is 0 Å². The Bertz CT molecular complexity index is 447. The van der Waals surface area contributed by atoms with Crippen LogP contribution >= 0.6 is 0 Å². The molecule has 1 aromatic heterocycles. The Labute approximate surface area is 118 Å². The summed E-state index contributed by atoms with van der Waals surface area (Å²) in [7, 11) is 1.40. The summed E-state index contributed by atoms with van der Waals surface area (Å²) in [6.45, 7) is 7.05. The molecule has 7 nitrogen and oxygen atoms in total. The van der Waals surface area contributed by atoms with E-state index in [9.17, 15) is 4.79 Å². The fourth-order valence-corrected chi connectivity index (χ4v) is 2.34. The molecule has 1 saturated heterocycles. The van der Waals surface area contributed by atoms with Crippen molar-refractivity contribution in [2.75, 3.05) is 26.8 Å². The minimum atomic E-state index is -0.234. The van der Waals surface area contributed by atoms with Crippen LogP contribution in [0.1, 0.15) is 32.1 Å². The first kappa shape index (κ1) is 14.9. The topological polar surface area (TPSA) is 69.5 Å². The van der Waals surface area contributed by atoms with E-state index >= 15 is 0 Å². The third-order valence-electron chi connectivity index (χ3n) is 3.35. The van der Waals surface area contributed by atoms with Gasteiger partial charge in [-0.05, 0) is 13.8 Å². The molecule has 112 valence electrons. The van der Waals surface area contributed by atoms with E-state index in [0.29, 0.717) is 25.6 Å². The zero-order valence-corrected chi connectivity index (χ0v) is 12.3. The second-order valence-electron chi connectivity index (χ2n) is 5.22. The molecule has 2 heterocycles. The van der Waals surface area contributed by atoms with Crippen LogP contribution in [0, 0.1) is 0 Å². The van der Waals surface area contributed by atoms with Crippen LogP contribution in [0.25, 0.3) is 0 Å². The Kier molecular flexibility index (Phi) is 5.08. The molecule has 2 rings (SSSR count). The second-order valence-corrected chi connectivity index (χ2v) is 5.22. The van der Waals surface area contributed by atoms with Crippen LogP contribution in [-0.4, -0.2) is 58.5 Å². The van der Waals surface area contributed by atoms with Gasteiger partial charge in [0, 0.05) is 19.1 Å². The predicted molar refractivity (Wildman–Crippen MR) is 72.1 cm³/mol. The molecule has 1 unspecified atom stereocenters. The van der Waals surface area contributed by atoms with Crippen molar-refractivity contribution in [2.24, 2.45) is 0 Å². The minimum absolute atomic E-state index is 0.105. The summed E-state index contributed by atoms with van der Waals surface area (Å²) in [5, 5.41) is 4.24. The van der Waals surface area contributed by atoms with E-state index in [-0.39, 0.29) is 12.1 Å². The van der Waals surface area contributed by atoms with Crippen LogP contribution in [0.5, 0.6) is 0 Å². The summed E-state index contributed by atoms with van der Waals surface area (Å²) < 4.78 is 12.2. The molecular weight excluding hydrogens is 260 g/mol. The van der Waals surface area contributed by atoms with E-state index in [1.807, 2.05) is 4.68 Å². The van der Waals surface area contributed by atoms with E-state index in [2.05, 4.69) is 33.6 Å². The highest BCUT2D eigenvalue weighted by molar-refractivity contribution is 5.69.